The lowest BCUT2D eigenvalue weighted by molar-refractivity contribution is -0.145. The summed E-state index contributed by atoms with van der Waals surface area (Å²) in [4.78, 5) is 22.3. The van der Waals surface area contributed by atoms with Crippen molar-refractivity contribution >= 4 is 12.1 Å². The van der Waals surface area contributed by atoms with Crippen LogP contribution in [0.3, 0.4) is 0 Å². The summed E-state index contributed by atoms with van der Waals surface area (Å²) < 4.78 is 9.79. The maximum Gasteiger partial charge on any atom is 0.408 e. The number of hydrogen-bond acceptors (Lipinski definition) is 4. The molecule has 0 aromatic rings. The van der Waals surface area contributed by atoms with E-state index in [-0.39, 0.29) is 12.6 Å². The van der Waals surface area contributed by atoms with Gasteiger partial charge in [-0.25, -0.2) is 4.79 Å². The Morgan fingerprint density at radius 3 is 2.44 bits per heavy atom. The molecule has 0 saturated heterocycles. The van der Waals surface area contributed by atoms with Gasteiger partial charge in [0.1, 0.15) is 18.2 Å². The number of amides is 1. The van der Waals surface area contributed by atoms with Gasteiger partial charge in [0.2, 0.25) is 0 Å². The zero-order valence-corrected chi connectivity index (χ0v) is 10.2. The van der Waals surface area contributed by atoms with Crippen LogP contribution in [0.25, 0.3) is 0 Å². The SMILES string of the molecule is C=C[C@@H](C)OC(=O)CNC(=O)OC(C)(C)C. The highest BCUT2D eigenvalue weighted by atomic mass is 16.6. The van der Waals surface area contributed by atoms with Crippen molar-refractivity contribution in [2.75, 3.05) is 6.54 Å². The summed E-state index contributed by atoms with van der Waals surface area (Å²) in [6.07, 6.45) is 0.481. The van der Waals surface area contributed by atoms with E-state index in [2.05, 4.69) is 11.9 Å². The summed E-state index contributed by atoms with van der Waals surface area (Å²) in [7, 11) is 0. The number of alkyl carbamates (subject to hydrolysis) is 1. The molecule has 0 radical (unpaired) electrons. The first kappa shape index (κ1) is 14.5. The molecule has 5 heteroatoms. The molecule has 1 N–H and O–H groups in total. The maximum atomic E-state index is 11.2. The van der Waals surface area contributed by atoms with Gasteiger partial charge >= 0.3 is 12.1 Å². The lowest BCUT2D eigenvalue weighted by Crippen LogP contribution is -2.36. The van der Waals surface area contributed by atoms with Gasteiger partial charge in [-0.1, -0.05) is 12.7 Å². The number of ether oxygens (including phenoxy) is 2. The Kier molecular flexibility index (Phi) is 5.56. The first-order valence-electron chi connectivity index (χ1n) is 5.03. The highest BCUT2D eigenvalue weighted by molar-refractivity contribution is 5.78. The van der Waals surface area contributed by atoms with Gasteiger partial charge < -0.3 is 14.8 Å². The highest BCUT2D eigenvalue weighted by Crippen LogP contribution is 2.06. The van der Waals surface area contributed by atoms with Gasteiger partial charge in [0.25, 0.3) is 0 Å². The molecule has 5 nitrogen and oxygen atoms in total. The number of nitrogens with one attached hydrogen (secondary N) is 1. The predicted octanol–water partition coefficient (Wildman–Crippen LogP) is 1.63. The maximum absolute atomic E-state index is 11.2. The predicted molar refractivity (Wildman–Crippen MR) is 60.0 cm³/mol. The fraction of sp³-hybridized carbons (Fsp3) is 0.636. The van der Waals surface area contributed by atoms with Gasteiger partial charge in [-0.3, -0.25) is 4.79 Å². The zero-order valence-electron chi connectivity index (χ0n) is 10.2. The lowest BCUT2D eigenvalue weighted by atomic mass is 10.2. The van der Waals surface area contributed by atoms with E-state index >= 15 is 0 Å². The first-order chi connectivity index (χ1) is 7.24. The minimum absolute atomic E-state index is 0.215. The minimum Gasteiger partial charge on any atom is -0.457 e. The topological polar surface area (TPSA) is 64.6 Å². The summed E-state index contributed by atoms with van der Waals surface area (Å²) in [6, 6.07) is 0. The van der Waals surface area contributed by atoms with Gasteiger partial charge in [-0.05, 0) is 27.7 Å². The third-order valence-electron chi connectivity index (χ3n) is 1.43. The van der Waals surface area contributed by atoms with Crippen LogP contribution in [0, 0.1) is 0 Å². The molecule has 0 spiro atoms. The van der Waals surface area contributed by atoms with Crippen LogP contribution in [0.1, 0.15) is 27.7 Å². The summed E-state index contributed by atoms with van der Waals surface area (Å²) in [6.45, 7) is 10.2. The Balaban J connectivity index is 3.84. The molecule has 1 atom stereocenters. The molecule has 0 aromatic carbocycles. The van der Waals surface area contributed by atoms with Crippen molar-refractivity contribution in [1.29, 1.82) is 0 Å². The van der Waals surface area contributed by atoms with Crippen molar-refractivity contribution in [2.45, 2.75) is 39.4 Å². The van der Waals surface area contributed by atoms with Crippen LogP contribution in [0.2, 0.25) is 0 Å². The molecular weight excluding hydrogens is 210 g/mol. The number of hydrogen-bond donors (Lipinski definition) is 1. The van der Waals surface area contributed by atoms with Gasteiger partial charge in [-0.15, -0.1) is 0 Å². The van der Waals surface area contributed by atoms with Crippen molar-refractivity contribution in [2.24, 2.45) is 0 Å². The Morgan fingerprint density at radius 2 is 2.00 bits per heavy atom. The summed E-state index contributed by atoms with van der Waals surface area (Å²) in [5.74, 6) is -0.529. The van der Waals surface area contributed by atoms with E-state index in [4.69, 9.17) is 9.47 Å². The Hall–Kier alpha value is -1.52. The van der Waals surface area contributed by atoms with Crippen molar-refractivity contribution < 1.29 is 19.1 Å². The van der Waals surface area contributed by atoms with E-state index in [1.165, 1.54) is 6.08 Å². The van der Waals surface area contributed by atoms with Crippen LogP contribution >= 0.6 is 0 Å². The van der Waals surface area contributed by atoms with Crippen LogP contribution in [-0.2, 0) is 14.3 Å². The average molecular weight is 229 g/mol. The summed E-state index contributed by atoms with van der Waals surface area (Å²) >= 11 is 0. The van der Waals surface area contributed by atoms with Crippen molar-refractivity contribution in [3.05, 3.63) is 12.7 Å². The molecule has 0 rings (SSSR count). The second-order valence-corrected chi connectivity index (χ2v) is 4.29. The van der Waals surface area contributed by atoms with E-state index in [1.807, 2.05) is 0 Å². The molecule has 0 saturated carbocycles. The number of carbonyl (C=O) groups excluding carboxylic acids is 2. The van der Waals surface area contributed by atoms with Gasteiger partial charge in [-0.2, -0.15) is 0 Å². The van der Waals surface area contributed by atoms with E-state index in [1.54, 1.807) is 27.7 Å². The van der Waals surface area contributed by atoms with Crippen molar-refractivity contribution in [3.8, 4) is 0 Å². The van der Waals surface area contributed by atoms with E-state index < -0.39 is 17.7 Å². The molecule has 92 valence electrons. The minimum atomic E-state index is -0.643. The normalized spacial score (nSPS) is 12.5. The smallest absolute Gasteiger partial charge is 0.408 e. The average Bonchev–Trinajstić information content (AvgIpc) is 2.12. The standard InChI is InChI=1S/C11H19NO4/c1-6-8(2)15-9(13)7-12-10(14)16-11(3,4)5/h6,8H,1,7H2,2-5H3,(H,12,14)/t8-/m1/s1. The molecule has 0 aliphatic heterocycles. The summed E-state index contributed by atoms with van der Waals surface area (Å²) in [5.41, 5.74) is -0.581. The van der Waals surface area contributed by atoms with Gasteiger partial charge in [0.15, 0.2) is 0 Å². The highest BCUT2D eigenvalue weighted by Gasteiger charge is 2.17. The van der Waals surface area contributed by atoms with E-state index in [9.17, 15) is 9.59 Å². The van der Waals surface area contributed by atoms with E-state index in [0.29, 0.717) is 0 Å². The van der Waals surface area contributed by atoms with Crippen LogP contribution in [0.5, 0.6) is 0 Å². The molecule has 0 fully saturated rings. The van der Waals surface area contributed by atoms with Gasteiger partial charge in [0, 0.05) is 0 Å². The number of esters is 1. The third-order valence-corrected chi connectivity index (χ3v) is 1.43. The van der Waals surface area contributed by atoms with Crippen LogP contribution < -0.4 is 5.32 Å². The fourth-order valence-corrected chi connectivity index (χ4v) is 0.756. The van der Waals surface area contributed by atoms with Crippen LogP contribution in [-0.4, -0.2) is 30.3 Å². The second kappa shape index (κ2) is 6.15. The molecule has 1 amide bonds. The first-order valence-corrected chi connectivity index (χ1v) is 5.03. The Morgan fingerprint density at radius 1 is 1.44 bits per heavy atom. The molecule has 0 unspecified atom stereocenters. The number of carbonyl (C=O) groups is 2. The van der Waals surface area contributed by atoms with Crippen molar-refractivity contribution in [1.82, 2.24) is 5.32 Å². The van der Waals surface area contributed by atoms with Crippen molar-refractivity contribution in [3.63, 3.8) is 0 Å². The lowest BCUT2D eigenvalue weighted by Gasteiger charge is -2.19. The monoisotopic (exact) mass is 229 g/mol. The molecular formula is C11H19NO4. The summed E-state index contributed by atoms with van der Waals surface area (Å²) in [5, 5.41) is 2.30. The number of rotatable bonds is 4. The molecule has 0 aliphatic rings. The Labute approximate surface area is 95.8 Å². The van der Waals surface area contributed by atoms with Gasteiger partial charge in [0.05, 0.1) is 0 Å². The second-order valence-electron chi connectivity index (χ2n) is 4.29. The molecule has 0 aliphatic carbocycles. The van der Waals surface area contributed by atoms with E-state index in [0.717, 1.165) is 0 Å². The zero-order chi connectivity index (χ0) is 12.8. The third kappa shape index (κ3) is 7.84. The molecule has 0 bridgehead atoms. The van der Waals surface area contributed by atoms with Crippen LogP contribution in [0.4, 0.5) is 4.79 Å². The fourth-order valence-electron chi connectivity index (χ4n) is 0.756. The largest absolute Gasteiger partial charge is 0.457 e. The Bertz CT molecular complexity index is 268. The molecule has 0 heterocycles. The quantitative estimate of drug-likeness (QED) is 0.587. The molecule has 16 heavy (non-hydrogen) atoms. The molecule has 0 aromatic heterocycles. The van der Waals surface area contributed by atoms with Crippen LogP contribution in [0.15, 0.2) is 12.7 Å².